The monoisotopic (exact) mass is 283 g/mol. The van der Waals surface area contributed by atoms with E-state index in [0.717, 1.165) is 6.54 Å². The second-order valence-corrected chi connectivity index (χ2v) is 8.34. The number of nitrogens with zero attached hydrogens (tertiary/aromatic N) is 1. The number of ketones is 1. The molecule has 5 atom stereocenters. The van der Waals surface area contributed by atoms with Crippen molar-refractivity contribution in [2.75, 3.05) is 13.6 Å². The number of rotatable bonds is 1. The molecular formula is C16H29NO3. The third kappa shape index (κ3) is 2.32. The number of fused-ring (bicyclic) bond motifs is 1. The largest absolute Gasteiger partial charge is 0.390 e. The molecule has 0 amide bonds. The molecule has 0 radical (unpaired) electrons. The van der Waals surface area contributed by atoms with Gasteiger partial charge in [-0.3, -0.25) is 4.79 Å². The molecule has 2 N–H and O–H groups in total. The summed E-state index contributed by atoms with van der Waals surface area (Å²) in [6.07, 6.45) is -0.936. The van der Waals surface area contributed by atoms with Crippen LogP contribution in [0.1, 0.15) is 41.0 Å². The van der Waals surface area contributed by atoms with Crippen molar-refractivity contribution in [3.05, 3.63) is 0 Å². The van der Waals surface area contributed by atoms with Crippen molar-refractivity contribution in [2.45, 2.75) is 59.3 Å². The SMILES string of the molecule is CN1CC(C(=O)C(C)(C)C)C2CC(O)C(O)C(C)(C)C21. The van der Waals surface area contributed by atoms with Gasteiger partial charge < -0.3 is 15.1 Å². The van der Waals surface area contributed by atoms with Crippen LogP contribution in [0.2, 0.25) is 0 Å². The maximum Gasteiger partial charge on any atom is 0.142 e. The van der Waals surface area contributed by atoms with Gasteiger partial charge in [0, 0.05) is 29.3 Å². The van der Waals surface area contributed by atoms with Crippen LogP contribution in [0.3, 0.4) is 0 Å². The van der Waals surface area contributed by atoms with Crippen molar-refractivity contribution in [2.24, 2.45) is 22.7 Å². The molecule has 0 aromatic rings. The van der Waals surface area contributed by atoms with Crippen LogP contribution in [0.25, 0.3) is 0 Å². The van der Waals surface area contributed by atoms with E-state index in [2.05, 4.69) is 4.90 Å². The fourth-order valence-corrected chi connectivity index (χ4v) is 4.43. The maximum atomic E-state index is 12.7. The Morgan fingerprint density at radius 1 is 1.25 bits per heavy atom. The van der Waals surface area contributed by atoms with Gasteiger partial charge in [-0.05, 0) is 19.4 Å². The maximum absolute atomic E-state index is 12.7. The molecule has 4 heteroatoms. The number of carbonyl (C=O) groups is 1. The van der Waals surface area contributed by atoms with Gasteiger partial charge >= 0.3 is 0 Å². The number of aliphatic hydroxyl groups is 2. The van der Waals surface area contributed by atoms with Gasteiger partial charge in [-0.2, -0.15) is 0 Å². The minimum absolute atomic E-state index is 0.0357. The molecule has 1 heterocycles. The summed E-state index contributed by atoms with van der Waals surface area (Å²) in [5, 5.41) is 20.5. The molecule has 1 saturated carbocycles. The zero-order chi connectivity index (χ0) is 15.5. The van der Waals surface area contributed by atoms with Crippen LogP contribution in [0, 0.1) is 22.7 Å². The van der Waals surface area contributed by atoms with Gasteiger partial charge in [0.1, 0.15) is 5.78 Å². The lowest BCUT2D eigenvalue weighted by Gasteiger charge is -2.49. The van der Waals surface area contributed by atoms with Crippen molar-refractivity contribution in [1.29, 1.82) is 0 Å². The summed E-state index contributed by atoms with van der Waals surface area (Å²) < 4.78 is 0. The Morgan fingerprint density at radius 2 is 1.80 bits per heavy atom. The Morgan fingerprint density at radius 3 is 2.30 bits per heavy atom. The van der Waals surface area contributed by atoms with Gasteiger partial charge in [-0.1, -0.05) is 34.6 Å². The third-order valence-electron chi connectivity index (χ3n) is 5.36. The van der Waals surface area contributed by atoms with E-state index >= 15 is 0 Å². The second kappa shape index (κ2) is 4.79. The first-order chi connectivity index (χ1) is 8.98. The molecule has 4 nitrogen and oxygen atoms in total. The quantitative estimate of drug-likeness (QED) is 0.761. The topological polar surface area (TPSA) is 60.8 Å². The Hall–Kier alpha value is -0.450. The number of Topliss-reactive ketones (excluding diaryl/α,β-unsaturated/α-hetero) is 1. The van der Waals surface area contributed by atoms with Crippen LogP contribution >= 0.6 is 0 Å². The summed E-state index contributed by atoms with van der Waals surface area (Å²) >= 11 is 0. The van der Waals surface area contributed by atoms with Crippen molar-refractivity contribution in [3.63, 3.8) is 0 Å². The lowest BCUT2D eigenvalue weighted by atomic mass is 9.62. The number of hydrogen-bond acceptors (Lipinski definition) is 4. The first-order valence-corrected chi connectivity index (χ1v) is 7.58. The molecule has 2 fully saturated rings. The molecule has 5 unspecified atom stereocenters. The van der Waals surface area contributed by atoms with E-state index in [1.54, 1.807) is 0 Å². The molecule has 0 spiro atoms. The van der Waals surface area contributed by atoms with E-state index < -0.39 is 17.6 Å². The number of likely N-dealkylation sites (tertiary alicyclic amines) is 1. The summed E-state index contributed by atoms with van der Waals surface area (Å²) in [7, 11) is 2.03. The fraction of sp³-hybridized carbons (Fsp3) is 0.938. The normalized spacial score (nSPS) is 41.5. The van der Waals surface area contributed by atoms with Gasteiger partial charge in [-0.25, -0.2) is 0 Å². The van der Waals surface area contributed by atoms with Crippen molar-refractivity contribution >= 4 is 5.78 Å². The highest BCUT2D eigenvalue weighted by Gasteiger charge is 2.57. The van der Waals surface area contributed by atoms with Gasteiger partial charge in [-0.15, -0.1) is 0 Å². The minimum Gasteiger partial charge on any atom is -0.390 e. The van der Waals surface area contributed by atoms with Crippen molar-refractivity contribution < 1.29 is 15.0 Å². The Labute approximate surface area is 122 Å². The van der Waals surface area contributed by atoms with Crippen LogP contribution < -0.4 is 0 Å². The third-order valence-corrected chi connectivity index (χ3v) is 5.36. The van der Waals surface area contributed by atoms with Gasteiger partial charge in [0.2, 0.25) is 0 Å². The van der Waals surface area contributed by atoms with Gasteiger partial charge in [0.25, 0.3) is 0 Å². The summed E-state index contributed by atoms with van der Waals surface area (Å²) in [6, 6.07) is 0.150. The molecule has 1 aliphatic heterocycles. The smallest absolute Gasteiger partial charge is 0.142 e. The van der Waals surface area contributed by atoms with E-state index in [4.69, 9.17) is 0 Å². The lowest BCUT2D eigenvalue weighted by molar-refractivity contribution is -0.139. The van der Waals surface area contributed by atoms with Crippen LogP contribution in [0.5, 0.6) is 0 Å². The highest BCUT2D eigenvalue weighted by molar-refractivity contribution is 5.86. The molecule has 0 bridgehead atoms. The van der Waals surface area contributed by atoms with E-state index in [1.807, 2.05) is 41.7 Å². The first kappa shape index (κ1) is 15.9. The van der Waals surface area contributed by atoms with Gasteiger partial charge in [0.05, 0.1) is 12.2 Å². The van der Waals surface area contributed by atoms with Crippen molar-refractivity contribution in [3.8, 4) is 0 Å². The molecule has 2 aliphatic rings. The van der Waals surface area contributed by atoms with Crippen LogP contribution in [0.4, 0.5) is 0 Å². The molecule has 1 aliphatic carbocycles. The Kier molecular flexibility index (Phi) is 3.81. The molecule has 116 valence electrons. The highest BCUT2D eigenvalue weighted by Crippen LogP contribution is 2.49. The molecule has 20 heavy (non-hydrogen) atoms. The van der Waals surface area contributed by atoms with E-state index in [0.29, 0.717) is 6.42 Å². The average molecular weight is 283 g/mol. The second-order valence-electron chi connectivity index (χ2n) is 8.34. The molecule has 0 aromatic heterocycles. The first-order valence-electron chi connectivity index (χ1n) is 7.58. The van der Waals surface area contributed by atoms with Gasteiger partial charge in [0.15, 0.2) is 0 Å². The molecule has 2 rings (SSSR count). The highest BCUT2D eigenvalue weighted by atomic mass is 16.3. The minimum atomic E-state index is -0.729. The predicted octanol–water partition coefficient (Wildman–Crippen LogP) is 1.30. The van der Waals surface area contributed by atoms with E-state index in [9.17, 15) is 15.0 Å². The fourth-order valence-electron chi connectivity index (χ4n) is 4.43. The summed E-state index contributed by atoms with van der Waals surface area (Å²) in [5.74, 6) is 0.378. The predicted molar refractivity (Wildman–Crippen MR) is 78.3 cm³/mol. The van der Waals surface area contributed by atoms with Crippen LogP contribution in [0.15, 0.2) is 0 Å². The van der Waals surface area contributed by atoms with E-state index in [1.165, 1.54) is 0 Å². The zero-order valence-corrected chi connectivity index (χ0v) is 13.6. The number of hydrogen-bond donors (Lipinski definition) is 2. The number of carbonyl (C=O) groups excluding carboxylic acids is 1. The Balaban J connectivity index is 2.33. The summed E-state index contributed by atoms with van der Waals surface area (Å²) in [6.45, 7) is 10.6. The van der Waals surface area contributed by atoms with E-state index in [-0.39, 0.29) is 29.1 Å². The zero-order valence-electron chi connectivity index (χ0n) is 13.6. The molecular weight excluding hydrogens is 254 g/mol. The molecule has 0 aromatic carbocycles. The lowest BCUT2D eigenvalue weighted by Crippen LogP contribution is -2.58. The van der Waals surface area contributed by atoms with Crippen molar-refractivity contribution in [1.82, 2.24) is 4.90 Å². The summed E-state index contributed by atoms with van der Waals surface area (Å²) in [4.78, 5) is 14.9. The standard InChI is InChI=1S/C16H29NO3/c1-15(2,3)13(19)10-8-17(6)12-9(10)7-11(18)14(20)16(12,4)5/h9-12,14,18,20H,7-8H2,1-6H3. The molecule has 1 saturated heterocycles. The summed E-state index contributed by atoms with van der Waals surface area (Å²) in [5.41, 5.74) is -0.754. The average Bonchev–Trinajstić information content (AvgIpc) is 2.62. The van der Waals surface area contributed by atoms with Crippen LogP contribution in [-0.4, -0.2) is 52.7 Å². The Bertz CT molecular complexity index is 399. The number of aliphatic hydroxyl groups excluding tert-OH is 2. The van der Waals surface area contributed by atoms with Crippen LogP contribution in [-0.2, 0) is 4.79 Å².